The van der Waals surface area contributed by atoms with E-state index in [2.05, 4.69) is 42.2 Å². The van der Waals surface area contributed by atoms with E-state index in [0.717, 1.165) is 70.6 Å². The third kappa shape index (κ3) is 5.59. The van der Waals surface area contributed by atoms with Gasteiger partial charge in [0.15, 0.2) is 0 Å². The van der Waals surface area contributed by atoms with Gasteiger partial charge in [0.25, 0.3) is 0 Å². The summed E-state index contributed by atoms with van der Waals surface area (Å²) < 4.78 is 18.8. The van der Waals surface area contributed by atoms with E-state index in [1.807, 2.05) is 24.3 Å². The lowest BCUT2D eigenvalue weighted by atomic mass is 9.86. The number of nitrogens with zero attached hydrogens (tertiary/aromatic N) is 1. The molecule has 1 fully saturated rings. The third-order valence-electron chi connectivity index (χ3n) is 6.94. The van der Waals surface area contributed by atoms with E-state index in [-0.39, 0.29) is 18.5 Å². The molecule has 0 saturated carbocycles. The van der Waals surface area contributed by atoms with Crippen LogP contribution in [0.3, 0.4) is 0 Å². The van der Waals surface area contributed by atoms with Crippen LogP contribution in [-0.2, 0) is 0 Å². The average molecular weight is 524 g/mol. The van der Waals surface area contributed by atoms with Gasteiger partial charge in [0, 0.05) is 35.3 Å². The first kappa shape index (κ1) is 25.2. The maximum Gasteiger partial charge on any atom is 0.119 e. The summed E-state index contributed by atoms with van der Waals surface area (Å²) in [5.74, 6) is 2.07. The molecule has 36 heavy (non-hydrogen) atoms. The van der Waals surface area contributed by atoms with E-state index in [0.29, 0.717) is 6.42 Å². The maximum absolute atomic E-state index is 12.5. The highest BCUT2D eigenvalue weighted by Crippen LogP contribution is 2.44. The van der Waals surface area contributed by atoms with Crippen molar-refractivity contribution in [1.82, 2.24) is 4.90 Å². The summed E-state index contributed by atoms with van der Waals surface area (Å²) in [4.78, 5) is 3.37. The summed E-state index contributed by atoms with van der Waals surface area (Å²) >= 11 is 8.06. The molecular formula is C30H31ClFNO2S. The molecule has 0 bridgehead atoms. The molecule has 188 valence electrons. The van der Waals surface area contributed by atoms with Crippen molar-refractivity contribution in [3.8, 4) is 11.5 Å². The van der Waals surface area contributed by atoms with Crippen molar-refractivity contribution in [2.24, 2.45) is 0 Å². The number of aryl methyl sites for hydroxylation is 1. The quantitative estimate of drug-likeness (QED) is 0.345. The number of ether oxygens (including phenoxy) is 1. The second kappa shape index (κ2) is 11.3. The first-order chi connectivity index (χ1) is 17.5. The average Bonchev–Trinajstić information content (AvgIpc) is 3.22. The molecule has 1 N–H and O–H groups in total. The number of alkyl halides is 1. The van der Waals surface area contributed by atoms with Crippen LogP contribution in [0.15, 0.2) is 65.6 Å². The summed E-state index contributed by atoms with van der Waals surface area (Å²) in [5, 5.41) is 10.9. The van der Waals surface area contributed by atoms with Crippen molar-refractivity contribution in [3.63, 3.8) is 0 Å². The van der Waals surface area contributed by atoms with Crippen molar-refractivity contribution in [1.29, 1.82) is 0 Å². The highest BCUT2D eigenvalue weighted by molar-refractivity contribution is 7.99. The summed E-state index contributed by atoms with van der Waals surface area (Å²) in [6.45, 7) is 4.44. The molecule has 2 aliphatic heterocycles. The van der Waals surface area contributed by atoms with E-state index in [9.17, 15) is 9.50 Å². The van der Waals surface area contributed by atoms with Crippen molar-refractivity contribution in [2.45, 2.75) is 37.2 Å². The Hall–Kier alpha value is -2.47. The molecule has 2 heterocycles. The van der Waals surface area contributed by atoms with Crippen molar-refractivity contribution >= 4 is 34.5 Å². The maximum atomic E-state index is 12.5. The lowest BCUT2D eigenvalue weighted by molar-refractivity contribution is 0.198. The lowest BCUT2D eigenvalue weighted by Gasteiger charge is -2.19. The Morgan fingerprint density at radius 1 is 1.08 bits per heavy atom. The highest BCUT2D eigenvalue weighted by Gasteiger charge is 2.25. The topological polar surface area (TPSA) is 32.7 Å². The smallest absolute Gasteiger partial charge is 0.119 e. The number of fused-ring (bicyclic) bond motifs is 1. The predicted molar refractivity (Wildman–Crippen MR) is 148 cm³/mol. The van der Waals surface area contributed by atoms with Gasteiger partial charge in [0.05, 0.1) is 6.67 Å². The Morgan fingerprint density at radius 3 is 2.67 bits per heavy atom. The number of hydrogen-bond acceptors (Lipinski definition) is 4. The molecule has 1 atom stereocenters. The summed E-state index contributed by atoms with van der Waals surface area (Å²) in [5.41, 5.74) is 7.08. The number of likely N-dealkylation sites (tertiary alicyclic amines) is 1. The molecule has 5 rings (SSSR count). The fraction of sp³-hybridized carbons (Fsp3) is 0.333. The van der Waals surface area contributed by atoms with E-state index < -0.39 is 0 Å². The van der Waals surface area contributed by atoms with Crippen LogP contribution in [0.4, 0.5) is 4.39 Å². The summed E-state index contributed by atoms with van der Waals surface area (Å²) in [6.07, 6.45) is 2.60. The van der Waals surface area contributed by atoms with Crippen molar-refractivity contribution in [2.75, 3.05) is 32.1 Å². The van der Waals surface area contributed by atoms with Gasteiger partial charge in [-0.3, -0.25) is 9.29 Å². The molecule has 2 aliphatic rings. The van der Waals surface area contributed by atoms with Crippen LogP contribution in [0.2, 0.25) is 5.02 Å². The minimum absolute atomic E-state index is 0.139. The van der Waals surface area contributed by atoms with Crippen molar-refractivity contribution in [3.05, 3.63) is 87.9 Å². The summed E-state index contributed by atoms with van der Waals surface area (Å²) in [6, 6.07) is 20.1. The molecule has 3 aromatic rings. The normalized spacial score (nSPS) is 18.2. The first-order valence-electron chi connectivity index (χ1n) is 12.5. The highest BCUT2D eigenvalue weighted by atomic mass is 35.5. The van der Waals surface area contributed by atoms with E-state index >= 15 is 0 Å². The molecule has 0 spiro atoms. The van der Waals surface area contributed by atoms with E-state index in [4.69, 9.17) is 16.3 Å². The number of aromatic hydroxyl groups is 1. The number of rotatable bonds is 7. The van der Waals surface area contributed by atoms with Crippen LogP contribution >= 0.6 is 23.4 Å². The molecule has 1 saturated heterocycles. The zero-order chi connectivity index (χ0) is 25.1. The Labute approximate surface area is 221 Å². The number of phenolic OH excluding ortho intramolecular Hbond substituents is 1. The standard InChI is InChI=1S/C30H31ClFNO2S/c1-20-17-22(31)5-9-26(20)27-12-16-36-29-18-23(34)6-10-28(29)30(27)21-3-7-24(8-4-21)35-25-11-15-33(19-25)14-2-13-32/h3-10,17-18,25,34H,2,11-16,19H2,1H3/t25-/m0/s1. The Kier molecular flexibility index (Phi) is 7.90. The zero-order valence-electron chi connectivity index (χ0n) is 20.5. The molecule has 3 aromatic carbocycles. The number of benzene rings is 3. The lowest BCUT2D eigenvalue weighted by Crippen LogP contribution is -2.26. The molecule has 3 nitrogen and oxygen atoms in total. The molecule has 0 radical (unpaired) electrons. The van der Waals surface area contributed by atoms with Gasteiger partial charge in [0.2, 0.25) is 0 Å². The number of thioether (sulfide) groups is 1. The largest absolute Gasteiger partial charge is 0.508 e. The number of phenols is 1. The van der Waals surface area contributed by atoms with Crippen LogP contribution in [0.1, 0.15) is 41.5 Å². The Bertz CT molecular complexity index is 1260. The Balaban J connectivity index is 1.49. The van der Waals surface area contributed by atoms with Gasteiger partial charge in [0.1, 0.15) is 17.6 Å². The van der Waals surface area contributed by atoms with Gasteiger partial charge in [-0.25, -0.2) is 0 Å². The minimum Gasteiger partial charge on any atom is -0.508 e. The van der Waals surface area contributed by atoms with Gasteiger partial charge in [-0.1, -0.05) is 29.8 Å². The van der Waals surface area contributed by atoms with Gasteiger partial charge in [-0.2, -0.15) is 0 Å². The fourth-order valence-corrected chi connectivity index (χ4v) is 6.51. The molecule has 0 aliphatic carbocycles. The molecule has 0 amide bonds. The second-order valence-corrected chi connectivity index (χ2v) is 11.1. The number of hydrogen-bond donors (Lipinski definition) is 1. The van der Waals surface area contributed by atoms with E-state index in [1.165, 1.54) is 16.7 Å². The van der Waals surface area contributed by atoms with Gasteiger partial charge in [-0.05, 0) is 102 Å². The van der Waals surface area contributed by atoms with Gasteiger partial charge >= 0.3 is 0 Å². The number of allylic oxidation sites excluding steroid dienone is 1. The first-order valence-corrected chi connectivity index (χ1v) is 13.9. The molecule has 0 aromatic heterocycles. The predicted octanol–water partition coefficient (Wildman–Crippen LogP) is 7.62. The fourth-order valence-electron chi connectivity index (χ4n) is 5.22. The van der Waals surface area contributed by atoms with Crippen LogP contribution < -0.4 is 4.74 Å². The summed E-state index contributed by atoms with van der Waals surface area (Å²) in [7, 11) is 0. The second-order valence-electron chi connectivity index (χ2n) is 9.49. The number of halogens is 2. The molecule has 6 heteroatoms. The SMILES string of the molecule is Cc1cc(Cl)ccc1C1=C(c2ccc(O[C@H]3CCN(CCCF)C3)cc2)c2ccc(O)cc2SCC1. The zero-order valence-corrected chi connectivity index (χ0v) is 22.0. The van der Waals surface area contributed by atoms with Crippen molar-refractivity contribution < 1.29 is 14.2 Å². The van der Waals surface area contributed by atoms with E-state index in [1.54, 1.807) is 17.8 Å². The van der Waals surface area contributed by atoms with Crippen LogP contribution in [0.25, 0.3) is 11.1 Å². The Morgan fingerprint density at radius 2 is 1.89 bits per heavy atom. The van der Waals surface area contributed by atoms with Crippen LogP contribution in [-0.4, -0.2) is 48.2 Å². The monoisotopic (exact) mass is 523 g/mol. The molecule has 0 unspecified atom stereocenters. The van der Waals surface area contributed by atoms with Gasteiger partial charge in [-0.15, -0.1) is 11.8 Å². The molecular weight excluding hydrogens is 493 g/mol. The van der Waals surface area contributed by atoms with Gasteiger partial charge < -0.3 is 9.84 Å². The minimum atomic E-state index is -0.266. The van der Waals surface area contributed by atoms with Crippen LogP contribution in [0.5, 0.6) is 11.5 Å². The van der Waals surface area contributed by atoms with Crippen LogP contribution in [0, 0.1) is 6.92 Å². The third-order valence-corrected chi connectivity index (χ3v) is 8.23.